The zero-order valence-corrected chi connectivity index (χ0v) is 14.7. The van der Waals surface area contributed by atoms with Gasteiger partial charge >= 0.3 is 0 Å². The zero-order chi connectivity index (χ0) is 16.6. The van der Waals surface area contributed by atoms with Crippen LogP contribution in [-0.4, -0.2) is 14.3 Å². The van der Waals surface area contributed by atoms with E-state index in [4.69, 9.17) is 5.41 Å². The Balaban J connectivity index is 2.17. The summed E-state index contributed by atoms with van der Waals surface area (Å²) in [4.78, 5) is 0. The molecule has 0 saturated heterocycles. The molecule has 1 heterocycles. The van der Waals surface area contributed by atoms with Crippen molar-refractivity contribution in [1.29, 1.82) is 5.41 Å². The number of hydrogen-bond acceptors (Lipinski definition) is 1. The van der Waals surface area contributed by atoms with Crippen LogP contribution in [0.15, 0.2) is 90.1 Å². The summed E-state index contributed by atoms with van der Waals surface area (Å²) in [5.41, 5.74) is 2.31. The van der Waals surface area contributed by atoms with E-state index >= 15 is 0 Å². The Bertz CT molecular complexity index is 887. The van der Waals surface area contributed by atoms with Gasteiger partial charge in [-0.15, -0.1) is 0 Å². The normalized spacial score (nSPS) is 15.2. The van der Waals surface area contributed by atoms with Crippen LogP contribution < -0.4 is 15.6 Å². The second-order valence-electron chi connectivity index (χ2n) is 6.21. The Labute approximate surface area is 143 Å². The number of benzene rings is 3. The summed E-state index contributed by atoms with van der Waals surface area (Å²) in [5, 5.41) is 13.5. The number of allylic oxidation sites excluding steroid dienone is 2. The summed E-state index contributed by atoms with van der Waals surface area (Å²) in [6.07, 6.45) is 1.54. The van der Waals surface area contributed by atoms with E-state index in [1.54, 1.807) is 0 Å². The average Bonchev–Trinajstić information content (AvgIpc) is 2.91. The van der Waals surface area contributed by atoms with Gasteiger partial charge in [0.05, 0.1) is 0 Å². The molecule has 116 valence electrons. The fourth-order valence-corrected chi connectivity index (χ4v) is 9.31. The fourth-order valence-electron chi connectivity index (χ4n) is 4.12. The van der Waals surface area contributed by atoms with Crippen LogP contribution in [0.2, 0.25) is 0 Å². The molecule has 0 atom stereocenters. The smallest absolute Gasteiger partial charge is 0.176 e. The molecule has 0 radical (unpaired) electrons. The number of hydrogen-bond donors (Lipinski definition) is 1. The topological polar surface area (TPSA) is 23.9 Å². The molecule has 4 rings (SSSR count). The molecule has 0 aromatic heterocycles. The highest BCUT2D eigenvalue weighted by Crippen LogP contribution is 2.32. The van der Waals surface area contributed by atoms with Crippen LogP contribution in [0.3, 0.4) is 0 Å². The average molecular weight is 325 g/mol. The molecular weight excluding hydrogens is 306 g/mol. The second-order valence-corrected chi connectivity index (χ2v) is 10.2. The SMILES string of the molecule is CC1=C(C=N)c2ccccc2[Si]1(c1ccccc1)c1ccccc1. The van der Waals surface area contributed by atoms with Crippen molar-refractivity contribution in [3.05, 3.63) is 95.7 Å². The lowest BCUT2D eigenvalue weighted by atomic mass is 10.1. The largest absolute Gasteiger partial charge is 0.308 e. The van der Waals surface area contributed by atoms with Gasteiger partial charge in [0.1, 0.15) is 0 Å². The predicted molar refractivity (Wildman–Crippen MR) is 105 cm³/mol. The number of rotatable bonds is 3. The molecule has 2 heteroatoms. The van der Waals surface area contributed by atoms with Gasteiger partial charge in [-0.05, 0) is 33.6 Å². The van der Waals surface area contributed by atoms with E-state index in [0.717, 1.165) is 5.57 Å². The molecule has 1 aliphatic rings. The van der Waals surface area contributed by atoms with E-state index in [1.807, 2.05) is 0 Å². The van der Waals surface area contributed by atoms with Gasteiger partial charge in [-0.3, -0.25) is 0 Å². The maximum Gasteiger partial charge on any atom is 0.176 e. The van der Waals surface area contributed by atoms with Crippen LogP contribution in [0, 0.1) is 5.41 Å². The van der Waals surface area contributed by atoms with Gasteiger partial charge in [0.25, 0.3) is 0 Å². The lowest BCUT2D eigenvalue weighted by Gasteiger charge is -2.31. The summed E-state index contributed by atoms with van der Waals surface area (Å²) in [6, 6.07) is 30.3. The molecule has 24 heavy (non-hydrogen) atoms. The molecule has 3 aromatic rings. The Morgan fingerprint density at radius 1 is 0.708 bits per heavy atom. The van der Waals surface area contributed by atoms with Crippen LogP contribution in [0.25, 0.3) is 5.57 Å². The van der Waals surface area contributed by atoms with Crippen molar-refractivity contribution in [3.63, 3.8) is 0 Å². The van der Waals surface area contributed by atoms with E-state index in [9.17, 15) is 0 Å². The quantitative estimate of drug-likeness (QED) is 0.565. The molecule has 0 amide bonds. The minimum Gasteiger partial charge on any atom is -0.308 e. The first-order valence-corrected chi connectivity index (χ1v) is 10.2. The molecule has 0 unspecified atom stereocenters. The predicted octanol–water partition coefficient (Wildman–Crippen LogP) is 3.13. The first kappa shape index (κ1) is 14.9. The maximum absolute atomic E-state index is 8.00. The lowest BCUT2D eigenvalue weighted by molar-refractivity contribution is 1.56. The molecule has 0 saturated carbocycles. The number of fused-ring (bicyclic) bond motifs is 1. The first-order valence-electron chi connectivity index (χ1n) is 8.23. The maximum atomic E-state index is 8.00. The van der Waals surface area contributed by atoms with Gasteiger partial charge in [0, 0.05) is 6.21 Å². The van der Waals surface area contributed by atoms with E-state index in [1.165, 1.54) is 32.5 Å². The van der Waals surface area contributed by atoms with Crippen LogP contribution in [0.5, 0.6) is 0 Å². The Morgan fingerprint density at radius 2 is 1.21 bits per heavy atom. The second kappa shape index (κ2) is 5.73. The van der Waals surface area contributed by atoms with Crippen molar-refractivity contribution in [2.75, 3.05) is 0 Å². The van der Waals surface area contributed by atoms with E-state index < -0.39 is 8.07 Å². The number of nitrogens with one attached hydrogen (secondary N) is 1. The Morgan fingerprint density at radius 3 is 1.75 bits per heavy atom. The highest BCUT2D eigenvalue weighted by atomic mass is 28.3. The standard InChI is InChI=1S/C22H19NSi/c1-17-21(16-23)20-14-8-9-15-22(20)24(17,18-10-4-2-5-11-18)19-12-6-3-7-13-19/h2-16,23H,1H3. The van der Waals surface area contributed by atoms with Crippen LogP contribution in [0.4, 0.5) is 0 Å². The fraction of sp³-hybridized carbons (Fsp3) is 0.0455. The highest BCUT2D eigenvalue weighted by Gasteiger charge is 2.47. The van der Waals surface area contributed by atoms with Gasteiger partial charge in [-0.25, -0.2) is 0 Å². The van der Waals surface area contributed by atoms with E-state index in [0.29, 0.717) is 0 Å². The molecule has 1 N–H and O–H groups in total. The Hall–Kier alpha value is -2.71. The van der Waals surface area contributed by atoms with E-state index in [-0.39, 0.29) is 0 Å². The molecule has 0 fully saturated rings. The van der Waals surface area contributed by atoms with Gasteiger partial charge in [-0.1, -0.05) is 90.1 Å². The molecule has 0 aliphatic carbocycles. The summed E-state index contributed by atoms with van der Waals surface area (Å²) in [5.74, 6) is 0. The molecule has 1 nitrogen and oxygen atoms in total. The lowest BCUT2D eigenvalue weighted by Crippen LogP contribution is -2.67. The molecule has 0 bridgehead atoms. The van der Waals surface area contributed by atoms with Crippen molar-refractivity contribution in [2.24, 2.45) is 0 Å². The minimum absolute atomic E-state index is 1.09. The van der Waals surface area contributed by atoms with Gasteiger partial charge < -0.3 is 5.41 Å². The summed E-state index contributed by atoms with van der Waals surface area (Å²) in [6.45, 7) is 2.23. The van der Waals surface area contributed by atoms with Crippen molar-refractivity contribution >= 4 is 35.4 Å². The molecule has 0 spiro atoms. The first-order chi connectivity index (χ1) is 11.8. The third-order valence-corrected chi connectivity index (χ3v) is 10.2. The summed E-state index contributed by atoms with van der Waals surface area (Å²) >= 11 is 0. The van der Waals surface area contributed by atoms with Crippen molar-refractivity contribution < 1.29 is 0 Å². The van der Waals surface area contributed by atoms with Gasteiger partial charge in [-0.2, -0.15) is 0 Å². The third kappa shape index (κ3) is 1.90. The van der Waals surface area contributed by atoms with Crippen molar-refractivity contribution in [2.45, 2.75) is 6.92 Å². The van der Waals surface area contributed by atoms with Crippen LogP contribution >= 0.6 is 0 Å². The van der Waals surface area contributed by atoms with E-state index in [2.05, 4.69) is 91.9 Å². The van der Waals surface area contributed by atoms with Crippen molar-refractivity contribution in [1.82, 2.24) is 0 Å². The van der Waals surface area contributed by atoms with Crippen LogP contribution in [-0.2, 0) is 0 Å². The molecule has 1 aliphatic heterocycles. The van der Waals surface area contributed by atoms with Gasteiger partial charge in [0.2, 0.25) is 0 Å². The van der Waals surface area contributed by atoms with Crippen molar-refractivity contribution in [3.8, 4) is 0 Å². The summed E-state index contributed by atoms with van der Waals surface area (Å²) in [7, 11) is -2.26. The monoisotopic (exact) mass is 325 g/mol. The summed E-state index contributed by atoms with van der Waals surface area (Å²) < 4.78 is 0. The van der Waals surface area contributed by atoms with Crippen LogP contribution in [0.1, 0.15) is 12.5 Å². The minimum atomic E-state index is -2.26. The molecular formula is C22H19NSi. The third-order valence-electron chi connectivity index (χ3n) is 5.15. The van der Waals surface area contributed by atoms with Gasteiger partial charge in [0.15, 0.2) is 8.07 Å². The Kier molecular flexibility index (Phi) is 3.55. The zero-order valence-electron chi connectivity index (χ0n) is 13.7. The highest BCUT2D eigenvalue weighted by molar-refractivity contribution is 7.18. The molecule has 3 aromatic carbocycles.